The average Bonchev–Trinajstić information content (AvgIpc) is 3.65. The van der Waals surface area contributed by atoms with Crippen LogP contribution in [0.5, 0.6) is 11.5 Å². The minimum Gasteiger partial charge on any atom is -0.504 e. The number of benzene rings is 3. The van der Waals surface area contributed by atoms with Crippen molar-refractivity contribution in [2.24, 2.45) is 5.92 Å². The van der Waals surface area contributed by atoms with Crippen molar-refractivity contribution in [3.05, 3.63) is 71.3 Å². The van der Waals surface area contributed by atoms with Crippen LogP contribution in [-0.2, 0) is 11.8 Å². The van der Waals surface area contributed by atoms with Crippen molar-refractivity contribution in [1.82, 2.24) is 10.2 Å². The third-order valence-electron chi connectivity index (χ3n) is 10.1. The molecule has 6 nitrogen and oxygen atoms in total. The summed E-state index contributed by atoms with van der Waals surface area (Å²) >= 11 is 0. The zero-order chi connectivity index (χ0) is 24.9. The third kappa shape index (κ3) is 3.17. The Labute approximate surface area is 228 Å². The number of phenols is 1. The van der Waals surface area contributed by atoms with Gasteiger partial charge in [0.2, 0.25) is 0 Å². The minimum atomic E-state index is -0.943. The number of piperidine rings is 1. The number of rotatable bonds is 4. The summed E-state index contributed by atoms with van der Waals surface area (Å²) in [7, 11) is 0. The lowest BCUT2D eigenvalue weighted by Gasteiger charge is -2.64. The van der Waals surface area contributed by atoms with Crippen molar-refractivity contribution >= 4 is 29.1 Å². The van der Waals surface area contributed by atoms with E-state index in [4.69, 9.17) is 4.74 Å². The Morgan fingerprint density at radius 3 is 2.68 bits per heavy atom. The Kier molecular flexibility index (Phi) is 5.33. The Bertz CT molecular complexity index is 1460. The minimum absolute atomic E-state index is 0. The van der Waals surface area contributed by atoms with E-state index in [9.17, 15) is 15.0 Å². The van der Waals surface area contributed by atoms with Gasteiger partial charge in [-0.05, 0) is 85.5 Å². The fourth-order valence-corrected chi connectivity index (χ4v) is 8.21. The van der Waals surface area contributed by atoms with Crippen molar-refractivity contribution in [2.45, 2.75) is 67.7 Å². The summed E-state index contributed by atoms with van der Waals surface area (Å²) in [5.41, 5.74) is 1.22. The average molecular weight is 533 g/mol. The second-order valence-corrected chi connectivity index (χ2v) is 12.0. The smallest absolute Gasteiger partial charge is 0.251 e. The number of aliphatic hydroxyl groups is 1. The molecule has 38 heavy (non-hydrogen) atoms. The molecule has 198 valence electrons. The molecule has 8 rings (SSSR count). The number of aromatic hydroxyl groups is 1. The van der Waals surface area contributed by atoms with E-state index < -0.39 is 17.1 Å². The molecular formula is C31H33ClN2O4. The van der Waals surface area contributed by atoms with Crippen molar-refractivity contribution in [1.29, 1.82) is 0 Å². The van der Waals surface area contributed by atoms with Gasteiger partial charge in [0.05, 0.1) is 17.1 Å². The molecular weight excluding hydrogens is 500 g/mol. The van der Waals surface area contributed by atoms with Crippen molar-refractivity contribution in [3.63, 3.8) is 0 Å². The SMILES string of the molecule is Cl.O=C(N[C@H]1CC[C@@]2(O)[C@H]3Cc4ccc(O)c5c4[C@@]2(CCN3CC2CC2)[C@H]1O5)c1ccc2ccccc2c1. The Morgan fingerprint density at radius 2 is 1.87 bits per heavy atom. The first kappa shape index (κ1) is 24.3. The highest BCUT2D eigenvalue weighted by atomic mass is 35.5. The quantitative estimate of drug-likeness (QED) is 0.466. The van der Waals surface area contributed by atoms with Crippen LogP contribution in [0.15, 0.2) is 54.6 Å². The van der Waals surface area contributed by atoms with E-state index in [1.807, 2.05) is 48.5 Å². The molecule has 1 spiro atoms. The molecule has 5 atom stereocenters. The van der Waals surface area contributed by atoms with Gasteiger partial charge >= 0.3 is 0 Å². The molecule has 0 radical (unpaired) electrons. The lowest BCUT2D eigenvalue weighted by atomic mass is 9.48. The molecule has 2 bridgehead atoms. The molecule has 5 aliphatic rings. The molecule has 2 heterocycles. The number of halogens is 1. The van der Waals surface area contributed by atoms with Gasteiger partial charge in [-0.1, -0.05) is 36.4 Å². The number of fused-ring (bicyclic) bond motifs is 1. The number of phenolic OH excluding ortho intramolecular Hbond substituents is 1. The van der Waals surface area contributed by atoms with Crippen LogP contribution < -0.4 is 10.1 Å². The van der Waals surface area contributed by atoms with Gasteiger partial charge < -0.3 is 20.3 Å². The maximum absolute atomic E-state index is 13.5. The zero-order valence-corrected chi connectivity index (χ0v) is 22.0. The number of amides is 1. The molecule has 0 unspecified atom stereocenters. The Hall–Kier alpha value is -2.80. The highest BCUT2D eigenvalue weighted by molar-refractivity contribution is 5.98. The van der Waals surface area contributed by atoms with Crippen molar-refractivity contribution in [2.75, 3.05) is 13.1 Å². The van der Waals surface area contributed by atoms with Crippen LogP contribution in [0.2, 0.25) is 0 Å². The summed E-state index contributed by atoms with van der Waals surface area (Å²) in [5, 5.41) is 28.8. The van der Waals surface area contributed by atoms with Crippen LogP contribution in [0.4, 0.5) is 0 Å². The lowest BCUT2D eigenvalue weighted by Crippen LogP contribution is -2.78. The van der Waals surface area contributed by atoms with E-state index in [1.54, 1.807) is 6.07 Å². The zero-order valence-electron chi connectivity index (χ0n) is 21.2. The molecule has 7 heteroatoms. The number of likely N-dealkylation sites (tertiary alicyclic amines) is 1. The van der Waals surface area contributed by atoms with Gasteiger partial charge in [0.25, 0.3) is 5.91 Å². The van der Waals surface area contributed by atoms with Crippen LogP contribution in [0, 0.1) is 5.92 Å². The standard InChI is InChI=1S/C31H32N2O4.ClH/c34-24-10-9-21-16-25-31(36)12-11-23(32-29(35)22-8-7-19-3-1-2-4-20(19)15-22)28-30(31,26(21)27(24)37-28)13-14-33(25)17-18-5-6-18;/h1-4,7-10,15,18,23,25,28,34,36H,5-6,11-14,16-17H2,(H,32,35);1H/t23-,25+,28-,30-,31+;/m0./s1. The van der Waals surface area contributed by atoms with Gasteiger partial charge in [0.1, 0.15) is 6.10 Å². The third-order valence-corrected chi connectivity index (χ3v) is 10.1. The second kappa shape index (κ2) is 8.35. The second-order valence-electron chi connectivity index (χ2n) is 12.0. The fraction of sp³-hybridized carbons (Fsp3) is 0.452. The normalized spacial score (nSPS) is 32.7. The van der Waals surface area contributed by atoms with Crippen LogP contribution in [0.25, 0.3) is 10.8 Å². The maximum atomic E-state index is 13.5. The number of nitrogens with one attached hydrogen (secondary N) is 1. The molecule has 1 amide bonds. The van der Waals surface area contributed by atoms with Crippen LogP contribution in [-0.4, -0.2) is 57.9 Å². The van der Waals surface area contributed by atoms with Crippen molar-refractivity contribution in [3.8, 4) is 11.5 Å². The van der Waals surface area contributed by atoms with E-state index in [0.717, 1.165) is 48.2 Å². The molecule has 3 fully saturated rings. The lowest BCUT2D eigenvalue weighted by molar-refractivity contribution is -0.191. The summed E-state index contributed by atoms with van der Waals surface area (Å²) in [4.78, 5) is 16.0. The molecule has 3 N–H and O–H groups in total. The van der Waals surface area contributed by atoms with E-state index in [-0.39, 0.29) is 36.1 Å². The van der Waals surface area contributed by atoms with E-state index in [0.29, 0.717) is 24.2 Å². The highest BCUT2D eigenvalue weighted by Crippen LogP contribution is 2.65. The Balaban J connectivity index is 0.00000242. The molecule has 3 aliphatic carbocycles. The summed E-state index contributed by atoms with van der Waals surface area (Å²) in [6.45, 7) is 1.96. The van der Waals surface area contributed by atoms with E-state index >= 15 is 0 Å². The first-order valence-corrected chi connectivity index (χ1v) is 13.8. The number of hydrogen-bond donors (Lipinski definition) is 3. The monoisotopic (exact) mass is 532 g/mol. The largest absolute Gasteiger partial charge is 0.504 e. The van der Waals surface area contributed by atoms with Gasteiger partial charge in [-0.25, -0.2) is 0 Å². The number of carbonyl (C=O) groups excluding carboxylic acids is 1. The van der Waals surface area contributed by atoms with Crippen LogP contribution in [0.1, 0.15) is 53.6 Å². The van der Waals surface area contributed by atoms with Gasteiger partial charge in [0, 0.05) is 23.7 Å². The molecule has 0 aromatic heterocycles. The number of hydrogen-bond acceptors (Lipinski definition) is 5. The number of nitrogens with zero attached hydrogens (tertiary/aromatic N) is 1. The summed E-state index contributed by atoms with van der Waals surface area (Å²) < 4.78 is 6.58. The molecule has 3 aromatic rings. The van der Waals surface area contributed by atoms with Crippen LogP contribution >= 0.6 is 12.4 Å². The number of carbonyl (C=O) groups is 1. The summed E-state index contributed by atoms with van der Waals surface area (Å²) in [6.07, 6.45) is 4.95. The van der Waals surface area contributed by atoms with Gasteiger partial charge in [-0.3, -0.25) is 9.69 Å². The first-order valence-electron chi connectivity index (χ1n) is 13.8. The van der Waals surface area contributed by atoms with Crippen molar-refractivity contribution < 1.29 is 19.7 Å². The maximum Gasteiger partial charge on any atom is 0.251 e. The molecule has 2 aliphatic heterocycles. The molecule has 2 saturated carbocycles. The topological polar surface area (TPSA) is 82.0 Å². The fourth-order valence-electron chi connectivity index (χ4n) is 8.21. The van der Waals surface area contributed by atoms with Crippen LogP contribution in [0.3, 0.4) is 0 Å². The van der Waals surface area contributed by atoms with Gasteiger partial charge in [-0.15, -0.1) is 12.4 Å². The predicted molar refractivity (Wildman–Crippen MR) is 147 cm³/mol. The summed E-state index contributed by atoms with van der Waals surface area (Å²) in [5.74, 6) is 1.27. The summed E-state index contributed by atoms with van der Waals surface area (Å²) in [6, 6.07) is 17.4. The number of ether oxygens (including phenoxy) is 1. The predicted octanol–water partition coefficient (Wildman–Crippen LogP) is 4.33. The Morgan fingerprint density at radius 1 is 1.05 bits per heavy atom. The van der Waals surface area contributed by atoms with E-state index in [2.05, 4.69) is 10.2 Å². The molecule has 3 aromatic carbocycles. The molecule has 1 saturated heterocycles. The van der Waals surface area contributed by atoms with E-state index in [1.165, 1.54) is 18.4 Å². The first-order chi connectivity index (χ1) is 18.0. The highest BCUT2D eigenvalue weighted by Gasteiger charge is 2.73. The van der Waals surface area contributed by atoms with Gasteiger partial charge in [-0.2, -0.15) is 0 Å². The van der Waals surface area contributed by atoms with Gasteiger partial charge in [0.15, 0.2) is 11.5 Å².